The lowest BCUT2D eigenvalue weighted by atomic mass is 10.1. The van der Waals surface area contributed by atoms with Gasteiger partial charge in [0.25, 0.3) is 11.5 Å². The number of rotatable bonds is 2. The molecule has 0 saturated heterocycles. The van der Waals surface area contributed by atoms with Gasteiger partial charge in [0.15, 0.2) is 4.96 Å². The Morgan fingerprint density at radius 2 is 1.81 bits per heavy atom. The van der Waals surface area contributed by atoms with E-state index in [4.69, 9.17) is 0 Å². The number of halogens is 1. The van der Waals surface area contributed by atoms with Crippen molar-refractivity contribution in [2.75, 3.05) is 5.32 Å². The fourth-order valence-electron chi connectivity index (χ4n) is 2.96. The summed E-state index contributed by atoms with van der Waals surface area (Å²) in [6.07, 6.45) is 0. The van der Waals surface area contributed by atoms with E-state index < -0.39 is 5.91 Å². The number of nitrogens with one attached hydrogen (secondary N) is 1. The molecule has 0 fully saturated rings. The van der Waals surface area contributed by atoms with Crippen LogP contribution in [0.15, 0.2) is 41.2 Å². The number of carbonyl (C=O) groups excluding carboxylic acids is 1. The van der Waals surface area contributed by atoms with Gasteiger partial charge in [-0.1, -0.05) is 11.3 Å². The highest BCUT2D eigenvalue weighted by atomic mass is 32.1. The molecule has 0 bridgehead atoms. The number of fused-ring (bicyclic) bond motifs is 3. The van der Waals surface area contributed by atoms with Gasteiger partial charge in [-0.2, -0.15) is 0 Å². The molecule has 136 valence electrons. The number of nitrogens with zero attached hydrogens (tertiary/aromatic N) is 2. The quantitative estimate of drug-likeness (QED) is 0.565. The molecular weight excluding hydrogens is 365 g/mol. The number of benzene rings is 2. The summed E-state index contributed by atoms with van der Waals surface area (Å²) in [5.74, 6) is -0.792. The number of hydrogen-bond acceptors (Lipinski definition) is 4. The highest BCUT2D eigenvalue weighted by Gasteiger charge is 2.15. The molecule has 0 atom stereocenters. The molecule has 0 spiro atoms. The zero-order chi connectivity index (χ0) is 19.3. The predicted octanol–water partition coefficient (Wildman–Crippen LogP) is 4.23. The van der Waals surface area contributed by atoms with Crippen LogP contribution in [0.2, 0.25) is 0 Å². The average molecular weight is 381 g/mol. The lowest BCUT2D eigenvalue weighted by Gasteiger charge is -2.08. The fraction of sp³-hybridized carbons (Fsp3) is 0.150. The van der Waals surface area contributed by atoms with Gasteiger partial charge in [0, 0.05) is 11.8 Å². The van der Waals surface area contributed by atoms with Gasteiger partial charge in [-0.05, 0) is 67.8 Å². The minimum atomic E-state index is -0.422. The molecule has 0 saturated carbocycles. The van der Waals surface area contributed by atoms with Crippen LogP contribution in [0.4, 0.5) is 10.1 Å². The van der Waals surface area contributed by atoms with Crippen molar-refractivity contribution in [3.63, 3.8) is 0 Å². The van der Waals surface area contributed by atoms with Crippen LogP contribution in [0.1, 0.15) is 26.4 Å². The van der Waals surface area contributed by atoms with Crippen molar-refractivity contribution in [1.29, 1.82) is 0 Å². The molecule has 0 aliphatic heterocycles. The van der Waals surface area contributed by atoms with Crippen molar-refractivity contribution < 1.29 is 9.18 Å². The Morgan fingerprint density at radius 3 is 2.56 bits per heavy atom. The van der Waals surface area contributed by atoms with Gasteiger partial charge in [-0.3, -0.25) is 14.0 Å². The molecule has 0 unspecified atom stereocenters. The van der Waals surface area contributed by atoms with Crippen LogP contribution < -0.4 is 10.9 Å². The summed E-state index contributed by atoms with van der Waals surface area (Å²) in [5.41, 5.74) is 4.41. The maximum Gasteiger partial charge on any atom is 0.266 e. The van der Waals surface area contributed by atoms with Gasteiger partial charge in [-0.15, -0.1) is 0 Å². The lowest BCUT2D eigenvalue weighted by molar-refractivity contribution is 0.103. The van der Waals surface area contributed by atoms with E-state index in [1.165, 1.54) is 28.7 Å². The molecule has 5 nitrogen and oxygen atoms in total. The number of aryl methyl sites for hydroxylation is 3. The summed E-state index contributed by atoms with van der Waals surface area (Å²) in [6, 6.07) is 9.29. The summed E-state index contributed by atoms with van der Waals surface area (Å²) < 4.78 is 14.8. The fourth-order valence-corrected chi connectivity index (χ4v) is 3.88. The summed E-state index contributed by atoms with van der Waals surface area (Å²) in [5, 5.41) is 2.73. The Kier molecular flexibility index (Phi) is 4.04. The molecule has 2 heterocycles. The zero-order valence-corrected chi connectivity index (χ0v) is 15.8. The second kappa shape index (κ2) is 6.28. The minimum absolute atomic E-state index is 0.250. The van der Waals surface area contributed by atoms with Crippen molar-refractivity contribution in [3.05, 3.63) is 74.1 Å². The first-order valence-electron chi connectivity index (χ1n) is 8.34. The van der Waals surface area contributed by atoms with E-state index in [1.54, 1.807) is 6.92 Å². The molecular formula is C20H16FN3O2S. The molecule has 7 heteroatoms. The second-order valence-electron chi connectivity index (χ2n) is 6.52. The first-order chi connectivity index (χ1) is 12.8. The van der Waals surface area contributed by atoms with Crippen molar-refractivity contribution in [1.82, 2.24) is 9.38 Å². The molecule has 0 aliphatic carbocycles. The van der Waals surface area contributed by atoms with E-state index in [9.17, 15) is 14.0 Å². The normalized spacial score (nSPS) is 11.3. The van der Waals surface area contributed by atoms with E-state index in [1.807, 2.05) is 26.0 Å². The standard InChI is InChI=1S/C20H16FN3O2S/c1-10-7-15-16(8-11(10)2)24-18(25)9-17(27-20(24)23-15)19(26)22-14-5-4-13(21)6-12(14)3/h4-9H,1-3H3,(H,22,26). The largest absolute Gasteiger partial charge is 0.321 e. The molecule has 4 aromatic rings. The molecule has 4 rings (SSSR count). The monoisotopic (exact) mass is 381 g/mol. The minimum Gasteiger partial charge on any atom is -0.321 e. The molecule has 27 heavy (non-hydrogen) atoms. The predicted molar refractivity (Wildman–Crippen MR) is 105 cm³/mol. The maximum absolute atomic E-state index is 13.2. The molecule has 2 aromatic heterocycles. The molecule has 2 aromatic carbocycles. The highest BCUT2D eigenvalue weighted by molar-refractivity contribution is 7.18. The number of amides is 1. The number of aromatic nitrogens is 2. The zero-order valence-electron chi connectivity index (χ0n) is 15.0. The summed E-state index contributed by atoms with van der Waals surface area (Å²) in [7, 11) is 0. The van der Waals surface area contributed by atoms with Crippen molar-refractivity contribution in [2.45, 2.75) is 20.8 Å². The Morgan fingerprint density at radius 1 is 1.07 bits per heavy atom. The molecule has 1 amide bonds. The van der Waals surface area contributed by atoms with Crippen LogP contribution in [0, 0.1) is 26.6 Å². The van der Waals surface area contributed by atoms with Gasteiger partial charge in [0.2, 0.25) is 0 Å². The van der Waals surface area contributed by atoms with E-state index in [-0.39, 0.29) is 16.3 Å². The van der Waals surface area contributed by atoms with Crippen molar-refractivity contribution in [3.8, 4) is 0 Å². The third-order valence-corrected chi connectivity index (χ3v) is 5.56. The average Bonchev–Trinajstić information content (AvgIpc) is 2.95. The van der Waals surface area contributed by atoms with Gasteiger partial charge in [-0.25, -0.2) is 9.37 Å². The van der Waals surface area contributed by atoms with Gasteiger partial charge < -0.3 is 5.32 Å². The topological polar surface area (TPSA) is 63.5 Å². The van der Waals surface area contributed by atoms with Crippen LogP contribution in [0.25, 0.3) is 16.0 Å². The first-order valence-corrected chi connectivity index (χ1v) is 9.16. The van der Waals surface area contributed by atoms with Crippen LogP contribution >= 0.6 is 11.3 Å². The smallest absolute Gasteiger partial charge is 0.266 e. The number of imidazole rings is 1. The molecule has 1 N–H and O–H groups in total. The van der Waals surface area contributed by atoms with Crippen LogP contribution in [0.3, 0.4) is 0 Å². The summed E-state index contributed by atoms with van der Waals surface area (Å²) in [6.45, 7) is 5.68. The summed E-state index contributed by atoms with van der Waals surface area (Å²) in [4.78, 5) is 30.5. The van der Waals surface area contributed by atoms with Gasteiger partial charge in [0.1, 0.15) is 10.7 Å². The number of hydrogen-bond donors (Lipinski definition) is 1. The third-order valence-electron chi connectivity index (χ3n) is 4.58. The van der Waals surface area contributed by atoms with Gasteiger partial charge in [0.05, 0.1) is 11.0 Å². The Hall–Kier alpha value is -3.06. The number of anilines is 1. The molecule has 0 radical (unpaired) electrons. The second-order valence-corrected chi connectivity index (χ2v) is 7.53. The van der Waals surface area contributed by atoms with Crippen LogP contribution in [0.5, 0.6) is 0 Å². The first kappa shape index (κ1) is 17.4. The van der Waals surface area contributed by atoms with Crippen molar-refractivity contribution >= 4 is 38.9 Å². The highest BCUT2D eigenvalue weighted by Crippen LogP contribution is 2.23. The Balaban J connectivity index is 1.79. The van der Waals surface area contributed by atoms with E-state index in [2.05, 4.69) is 10.3 Å². The van der Waals surface area contributed by atoms with E-state index in [0.717, 1.165) is 33.5 Å². The van der Waals surface area contributed by atoms with Crippen molar-refractivity contribution in [2.24, 2.45) is 0 Å². The maximum atomic E-state index is 13.2. The van der Waals surface area contributed by atoms with Crippen LogP contribution in [-0.2, 0) is 0 Å². The van der Waals surface area contributed by atoms with Crippen LogP contribution in [-0.4, -0.2) is 15.3 Å². The number of carbonyl (C=O) groups is 1. The summed E-state index contributed by atoms with van der Waals surface area (Å²) >= 11 is 1.14. The lowest BCUT2D eigenvalue weighted by Crippen LogP contribution is -2.17. The Labute approximate surface area is 158 Å². The van der Waals surface area contributed by atoms with E-state index >= 15 is 0 Å². The molecule has 0 aliphatic rings. The Bertz CT molecular complexity index is 1290. The SMILES string of the molecule is Cc1cc2nc3sc(C(=O)Nc4ccc(F)cc4C)cc(=O)n3c2cc1C. The van der Waals surface area contributed by atoms with E-state index in [0.29, 0.717) is 16.2 Å². The van der Waals surface area contributed by atoms with Gasteiger partial charge >= 0.3 is 0 Å². The third kappa shape index (κ3) is 3.00.